The van der Waals surface area contributed by atoms with Gasteiger partial charge in [-0.2, -0.15) is 0 Å². The highest BCUT2D eigenvalue weighted by atomic mass is 32.1. The van der Waals surface area contributed by atoms with E-state index in [0.29, 0.717) is 140 Å². The predicted octanol–water partition coefficient (Wildman–Crippen LogP) is 7.81. The van der Waals surface area contributed by atoms with Crippen molar-refractivity contribution >= 4 is 102 Å². The van der Waals surface area contributed by atoms with Gasteiger partial charge in [0, 0.05) is 55.6 Å². The van der Waals surface area contributed by atoms with Crippen LogP contribution in [-0.2, 0) is 80.0 Å². The van der Waals surface area contributed by atoms with Crippen LogP contribution in [0.25, 0.3) is 10.2 Å². The van der Waals surface area contributed by atoms with Crippen molar-refractivity contribution in [2.75, 3.05) is 135 Å². The average molecular weight is 1600 g/mol. The van der Waals surface area contributed by atoms with Gasteiger partial charge in [-0.05, 0) is 149 Å². The van der Waals surface area contributed by atoms with E-state index in [9.17, 15) is 38.7 Å². The lowest BCUT2D eigenvalue weighted by Crippen LogP contribution is -2.55. The maximum atomic E-state index is 15.3. The normalized spacial score (nSPS) is 14.6. The quantitative estimate of drug-likeness (QED) is 0.0130. The zero-order valence-electron chi connectivity index (χ0n) is 64.4. The number of nitrogens with two attached hydrogens (primary N) is 1. The zero-order valence-corrected chi connectivity index (χ0v) is 66.0. The summed E-state index contributed by atoms with van der Waals surface area (Å²) in [5.41, 5.74) is 11.1. The fraction of sp³-hybridized carbons (Fsp3) is 0.494. The van der Waals surface area contributed by atoms with Gasteiger partial charge in [0.15, 0.2) is 39.2 Å². The van der Waals surface area contributed by atoms with Crippen LogP contribution in [0.5, 0.6) is 5.75 Å². The third-order valence-corrected chi connectivity index (χ3v) is 20.5. The molecular weight excluding hydrogens is 1500 g/mol. The van der Waals surface area contributed by atoms with Crippen LogP contribution in [0.1, 0.15) is 96.3 Å². The first kappa shape index (κ1) is 86.3. The van der Waals surface area contributed by atoms with E-state index in [1.54, 1.807) is 56.1 Å². The Bertz CT molecular complexity index is 4370. The number of aromatic nitrogens is 7. The first-order valence-electron chi connectivity index (χ1n) is 37.4. The summed E-state index contributed by atoms with van der Waals surface area (Å²) < 4.78 is 63.0. The highest BCUT2D eigenvalue weighted by molar-refractivity contribution is 7.22. The first-order chi connectivity index (χ1) is 54.6. The van der Waals surface area contributed by atoms with Crippen molar-refractivity contribution in [3.8, 4) is 17.6 Å². The van der Waals surface area contributed by atoms with Gasteiger partial charge in [0.25, 0.3) is 0 Å². The second-order valence-electron chi connectivity index (χ2n) is 27.3. The van der Waals surface area contributed by atoms with Crippen LogP contribution in [0.15, 0.2) is 85.1 Å². The Hall–Kier alpha value is -10.7. The summed E-state index contributed by atoms with van der Waals surface area (Å²) in [6, 6.07) is 17.4. The fourth-order valence-corrected chi connectivity index (χ4v) is 14.1. The number of allylic oxidation sites excluding steroid dienone is 1. The van der Waals surface area contributed by atoms with Crippen LogP contribution in [0, 0.1) is 48.3 Å². The summed E-state index contributed by atoms with van der Waals surface area (Å²) in [5, 5.41) is 48.5. The summed E-state index contributed by atoms with van der Waals surface area (Å²) in [6.45, 7) is 15.7. The minimum atomic E-state index is -1.19. The number of primary amides is 1. The second kappa shape index (κ2) is 44.5. The molecule has 7 aromatic rings. The van der Waals surface area contributed by atoms with Crippen molar-refractivity contribution in [2.24, 2.45) is 29.4 Å². The Balaban J connectivity index is 0.619. The molecule has 36 heteroatoms. The Morgan fingerprint density at radius 2 is 1.50 bits per heavy atom. The molecule has 3 aromatic carbocycles. The van der Waals surface area contributed by atoms with E-state index >= 15 is 4.39 Å². The summed E-state index contributed by atoms with van der Waals surface area (Å²) in [5.74, 6) is 3.94. The number of urea groups is 1. The number of halogens is 1. The molecule has 608 valence electrons. The van der Waals surface area contributed by atoms with Gasteiger partial charge in [0.2, 0.25) is 17.7 Å². The molecule has 5 atom stereocenters. The minimum absolute atomic E-state index is 0.0183. The largest absolute Gasteiger partial charge is 0.491 e. The lowest BCUT2D eigenvalue weighted by molar-refractivity contribution is -0.134. The number of thiazole rings is 2. The number of aromatic carboxylic acids is 1. The molecular formula is C77H100FN17O16S2. The van der Waals surface area contributed by atoms with E-state index in [-0.39, 0.29) is 77.0 Å². The van der Waals surface area contributed by atoms with Crippen LogP contribution in [-0.4, -0.2) is 219 Å². The number of hydrogen-bond donors (Lipinski definition) is 9. The van der Waals surface area contributed by atoms with E-state index in [2.05, 4.69) is 86.1 Å². The molecule has 0 bridgehead atoms. The molecule has 2 aliphatic carbocycles. The number of rotatable bonds is 46. The summed E-state index contributed by atoms with van der Waals surface area (Å²) in [7, 11) is 3.22. The standard InChI is InChI=1S/C77H100FN17O16S2/c1-48(2)67(86-66(96)47-108-42-41-107-40-39-106-36-32-95-61-26-24-55-54(23-25-58(61)89-92-95)56(55)46-110-76(102)82-30-35-105-38-37-104-34-29-80-49(3)4)71(98)84-60(15-10-28-81-73(79)101)70(97)83-53-21-18-52(19-22-53)45-111-77(103)93(6)31-11-13-51-20-27-62(57(78)44-51)109-33-12-17-64-68(72(99)100)87-75(113-64)94(7)65-43-50(5)69(91-90-65)88-74-85-59-14-8-9-16-63(59)112-74/h8-9,14,16,18-22,27,43-44,48,54-56,60,67,80H,3,10,12,15,17,23-26,28-42,45-47H2,1-2,4-7H3,(H,82,102)(H,83,97)(H,84,98)(H,86,96)(H,99,100)(H3,79,81,101)(H,85,88,91)/t54-,55+,56-,60+,67+/m1/s1. The lowest BCUT2D eigenvalue weighted by Gasteiger charge is -2.25. The van der Waals surface area contributed by atoms with Gasteiger partial charge in [0.05, 0.1) is 107 Å². The van der Waals surface area contributed by atoms with Crippen molar-refractivity contribution in [3.63, 3.8) is 0 Å². The first-order valence-corrected chi connectivity index (χ1v) is 39.1. The number of anilines is 5. The molecule has 1 saturated carbocycles. The van der Waals surface area contributed by atoms with Crippen molar-refractivity contribution in [3.05, 3.63) is 130 Å². The number of para-hydroxylation sites is 1. The maximum absolute atomic E-state index is 15.3. The molecule has 7 amide bonds. The Labute approximate surface area is 662 Å². The van der Waals surface area contributed by atoms with E-state index in [0.717, 1.165) is 58.5 Å². The van der Waals surface area contributed by atoms with Crippen LogP contribution in [0.2, 0.25) is 0 Å². The van der Waals surface area contributed by atoms with Gasteiger partial charge >= 0.3 is 24.2 Å². The van der Waals surface area contributed by atoms with Gasteiger partial charge in [-0.25, -0.2) is 38.2 Å². The maximum Gasteiger partial charge on any atom is 0.410 e. The summed E-state index contributed by atoms with van der Waals surface area (Å²) in [4.78, 5) is 102. The number of nitrogens with zero attached hydrogens (tertiary/aromatic N) is 9. The lowest BCUT2D eigenvalue weighted by atomic mass is 10.0. The summed E-state index contributed by atoms with van der Waals surface area (Å²) >= 11 is 2.70. The molecule has 4 heterocycles. The minimum Gasteiger partial charge on any atom is -0.491 e. The van der Waals surface area contributed by atoms with Gasteiger partial charge in [-0.1, -0.05) is 73.1 Å². The number of ether oxygens (including phenoxy) is 8. The van der Waals surface area contributed by atoms with Gasteiger partial charge in [0.1, 0.15) is 25.3 Å². The van der Waals surface area contributed by atoms with Crippen LogP contribution < -0.4 is 52.6 Å². The number of nitrogens with one attached hydrogen (secondary N) is 7. The molecule has 0 saturated heterocycles. The van der Waals surface area contributed by atoms with Gasteiger partial charge < -0.3 is 95.8 Å². The monoisotopic (exact) mass is 1600 g/mol. The van der Waals surface area contributed by atoms with E-state index in [4.69, 9.17) is 43.6 Å². The number of aryl methyl sites for hydroxylation is 3. The number of benzene rings is 3. The number of carbonyl (C=O) groups is 7. The van der Waals surface area contributed by atoms with E-state index in [1.807, 2.05) is 48.9 Å². The SMILES string of the molecule is C=C(C)NCCOCCOCCNC(=O)OC[C@@H]1[C@@H]2CCc3nnn(CCOCCOCCOCC(=O)N[C@H](C(=O)N[C@@H](CCCNC(N)=O)C(=O)Nc4ccc(COC(=O)N(C)CC#Cc5ccc(OCCCc6sc(N(C)c7cc(C)c(Nc8nc9ccccc9s8)nn7)nc6C(=O)O)c(F)c5)cc4)C(C)C)c3CC[C@@H]21. The molecule has 9 rings (SSSR count). The number of carbonyl (C=O) groups excluding carboxylic acids is 6. The van der Waals surface area contributed by atoms with Gasteiger partial charge in [-0.3, -0.25) is 14.4 Å². The molecule has 0 spiro atoms. The molecule has 0 aliphatic heterocycles. The molecule has 0 radical (unpaired) electrons. The fourth-order valence-electron chi connectivity index (χ4n) is 12.2. The molecule has 4 aromatic heterocycles. The average Bonchev–Trinajstić information content (AvgIpc) is 1.61. The third kappa shape index (κ3) is 27.9. The topological polar surface area (TPSA) is 413 Å². The third-order valence-electron chi connectivity index (χ3n) is 18.3. The van der Waals surface area contributed by atoms with Crippen molar-refractivity contribution in [1.29, 1.82) is 0 Å². The zero-order chi connectivity index (χ0) is 80.6. The molecule has 2 aliphatic rings. The van der Waals surface area contributed by atoms with Gasteiger partial charge in [-0.15, -0.1) is 26.6 Å². The number of fused-ring (bicyclic) bond motifs is 3. The second-order valence-corrected chi connectivity index (χ2v) is 29.4. The van der Waals surface area contributed by atoms with E-state index < -0.39 is 65.7 Å². The number of alkyl carbamates (subject to hydrolysis) is 1. The van der Waals surface area contributed by atoms with E-state index in [1.165, 1.54) is 46.8 Å². The van der Waals surface area contributed by atoms with Crippen LogP contribution >= 0.6 is 22.7 Å². The number of carboxylic acid groups (broad SMARTS) is 1. The highest BCUT2D eigenvalue weighted by Gasteiger charge is 2.50. The summed E-state index contributed by atoms with van der Waals surface area (Å²) in [6.07, 6.45) is 3.43. The van der Waals surface area contributed by atoms with Crippen LogP contribution in [0.3, 0.4) is 0 Å². The van der Waals surface area contributed by atoms with Crippen molar-refractivity contribution < 1.29 is 81.0 Å². The van der Waals surface area contributed by atoms with Crippen molar-refractivity contribution in [1.82, 2.24) is 66.6 Å². The molecule has 1 fully saturated rings. The number of hydrogen-bond acceptors (Lipinski definition) is 26. The Morgan fingerprint density at radius 3 is 2.20 bits per heavy atom. The Morgan fingerprint density at radius 1 is 0.779 bits per heavy atom. The van der Waals surface area contributed by atoms with Crippen LogP contribution in [0.4, 0.5) is 46.4 Å². The number of carboxylic acids is 1. The number of amides is 7. The molecule has 113 heavy (non-hydrogen) atoms. The Kier molecular flexibility index (Phi) is 34.0. The van der Waals surface area contributed by atoms with Crippen molar-refractivity contribution in [2.45, 2.75) is 104 Å². The molecule has 0 unspecified atom stereocenters. The predicted molar refractivity (Wildman–Crippen MR) is 421 cm³/mol. The molecule has 10 N–H and O–H groups in total. The highest BCUT2D eigenvalue weighted by Crippen LogP contribution is 2.53. The smallest absolute Gasteiger partial charge is 0.410 e. The molecule has 33 nitrogen and oxygen atoms in total.